The number of hydrazine groups is 1. The van der Waals surface area contributed by atoms with Gasteiger partial charge in [-0.15, -0.1) is 0 Å². The largest absolute Gasteiger partial charge is 0.281 e. The van der Waals surface area contributed by atoms with Gasteiger partial charge >= 0.3 is 0 Å². The Morgan fingerprint density at radius 1 is 1.44 bits per heavy atom. The van der Waals surface area contributed by atoms with Gasteiger partial charge < -0.3 is 0 Å². The third-order valence-corrected chi connectivity index (χ3v) is 2.83. The predicted octanol–water partition coefficient (Wildman–Crippen LogP) is 1.58. The first-order chi connectivity index (χ1) is 7.74. The number of anilines is 1. The number of benzene rings is 1. The summed E-state index contributed by atoms with van der Waals surface area (Å²) < 4.78 is 0. The number of para-hydroxylation sites is 1. The van der Waals surface area contributed by atoms with E-state index in [1.165, 1.54) is 5.56 Å². The first-order valence-corrected chi connectivity index (χ1v) is 5.35. The first kappa shape index (κ1) is 10.9. The minimum Gasteiger partial charge on any atom is -0.281 e. The molecule has 1 aromatic carbocycles. The number of fused-ring (bicyclic) bond motifs is 1. The van der Waals surface area contributed by atoms with E-state index < -0.39 is 0 Å². The molecule has 0 saturated heterocycles. The van der Waals surface area contributed by atoms with Crippen LogP contribution in [0.1, 0.15) is 12.0 Å². The number of carbonyl (C=O) groups excluding carboxylic acids is 1. The molecule has 0 N–H and O–H groups in total. The summed E-state index contributed by atoms with van der Waals surface area (Å²) in [5.41, 5.74) is 2.43. The van der Waals surface area contributed by atoms with Crippen LogP contribution in [0.15, 0.2) is 29.3 Å². The van der Waals surface area contributed by atoms with Gasteiger partial charge in [-0.3, -0.25) is 5.01 Å². The van der Waals surface area contributed by atoms with Crippen molar-refractivity contribution in [3.8, 4) is 0 Å². The molecular formula is C12H15N3O. The van der Waals surface area contributed by atoms with Crippen molar-refractivity contribution in [1.82, 2.24) is 5.01 Å². The molecule has 0 aromatic heterocycles. The molecule has 0 spiro atoms. The second kappa shape index (κ2) is 4.47. The van der Waals surface area contributed by atoms with Crippen molar-refractivity contribution < 1.29 is 4.79 Å². The maximum atomic E-state index is 10.4. The lowest BCUT2D eigenvalue weighted by atomic mass is 10.0. The molecule has 0 saturated carbocycles. The number of nitrogens with zero attached hydrogens (tertiary/aromatic N) is 3. The normalized spacial score (nSPS) is 19.2. The molecule has 1 atom stereocenters. The molecule has 16 heavy (non-hydrogen) atoms. The van der Waals surface area contributed by atoms with Crippen molar-refractivity contribution in [2.45, 2.75) is 19.0 Å². The molecule has 4 heteroatoms. The Morgan fingerprint density at radius 3 is 2.88 bits per heavy atom. The van der Waals surface area contributed by atoms with Crippen LogP contribution in [0.4, 0.5) is 5.69 Å². The van der Waals surface area contributed by atoms with Gasteiger partial charge in [-0.05, 0) is 24.5 Å². The summed E-state index contributed by atoms with van der Waals surface area (Å²) >= 11 is 0. The summed E-state index contributed by atoms with van der Waals surface area (Å²) in [6.45, 7) is 0. The van der Waals surface area contributed by atoms with E-state index in [9.17, 15) is 4.79 Å². The SMILES string of the molecule is CN(C)N1c2ccccc2CCC1N=C=O. The molecule has 84 valence electrons. The number of aliphatic imine (C=N–C) groups is 1. The van der Waals surface area contributed by atoms with Crippen molar-refractivity contribution in [2.75, 3.05) is 19.1 Å². The molecule has 1 aliphatic heterocycles. The van der Waals surface area contributed by atoms with E-state index >= 15 is 0 Å². The topological polar surface area (TPSA) is 35.9 Å². The van der Waals surface area contributed by atoms with E-state index in [2.05, 4.69) is 17.1 Å². The summed E-state index contributed by atoms with van der Waals surface area (Å²) in [5, 5.41) is 3.99. The standard InChI is InChI=1S/C12H15N3O/c1-14(2)15-11-6-4-3-5-10(11)7-8-12(15)13-9-16/h3-6,12H,7-8H2,1-2H3. The fourth-order valence-corrected chi connectivity index (χ4v) is 2.18. The number of hydrogen-bond acceptors (Lipinski definition) is 4. The number of aryl methyl sites for hydroxylation is 1. The Labute approximate surface area is 95.2 Å². The highest BCUT2D eigenvalue weighted by Gasteiger charge is 2.27. The Balaban J connectivity index is 2.43. The molecule has 1 unspecified atom stereocenters. The van der Waals surface area contributed by atoms with Crippen LogP contribution in [-0.4, -0.2) is 31.3 Å². The van der Waals surface area contributed by atoms with Crippen LogP contribution < -0.4 is 5.01 Å². The zero-order valence-electron chi connectivity index (χ0n) is 9.55. The number of rotatable bonds is 2. The fraction of sp³-hybridized carbons (Fsp3) is 0.417. The van der Waals surface area contributed by atoms with Crippen LogP contribution in [-0.2, 0) is 11.2 Å². The smallest absolute Gasteiger partial charge is 0.237 e. The highest BCUT2D eigenvalue weighted by atomic mass is 16.1. The minimum atomic E-state index is -0.123. The average Bonchev–Trinajstić information content (AvgIpc) is 2.28. The van der Waals surface area contributed by atoms with E-state index in [-0.39, 0.29) is 6.17 Å². The van der Waals surface area contributed by atoms with Crippen LogP contribution in [0.25, 0.3) is 0 Å². The van der Waals surface area contributed by atoms with E-state index in [0.29, 0.717) is 0 Å². The fourth-order valence-electron chi connectivity index (χ4n) is 2.18. The van der Waals surface area contributed by atoms with Gasteiger partial charge in [0, 0.05) is 14.1 Å². The number of hydrogen-bond donors (Lipinski definition) is 0. The number of isocyanates is 1. The summed E-state index contributed by atoms with van der Waals surface area (Å²) in [6, 6.07) is 8.22. The van der Waals surface area contributed by atoms with Crippen molar-refractivity contribution in [2.24, 2.45) is 4.99 Å². The monoisotopic (exact) mass is 217 g/mol. The predicted molar refractivity (Wildman–Crippen MR) is 62.8 cm³/mol. The molecular weight excluding hydrogens is 202 g/mol. The molecule has 1 heterocycles. The van der Waals surface area contributed by atoms with Gasteiger partial charge in [0.05, 0.1) is 5.69 Å². The quantitative estimate of drug-likeness (QED) is 0.557. The van der Waals surface area contributed by atoms with Gasteiger partial charge in [0.2, 0.25) is 6.08 Å². The van der Waals surface area contributed by atoms with E-state index in [4.69, 9.17) is 0 Å². The summed E-state index contributed by atoms with van der Waals surface area (Å²) in [4.78, 5) is 14.3. The third kappa shape index (κ3) is 1.85. The Bertz CT molecular complexity index is 424. The molecule has 4 nitrogen and oxygen atoms in total. The summed E-state index contributed by atoms with van der Waals surface area (Å²) in [6.07, 6.45) is 3.34. The molecule has 0 aliphatic carbocycles. The van der Waals surface area contributed by atoms with Gasteiger partial charge in [0.1, 0.15) is 6.17 Å². The Hall–Kier alpha value is -1.64. The summed E-state index contributed by atoms with van der Waals surface area (Å²) in [5.74, 6) is 0. The highest BCUT2D eigenvalue weighted by Crippen LogP contribution is 2.31. The van der Waals surface area contributed by atoms with Gasteiger partial charge in [-0.2, -0.15) is 4.99 Å². The molecule has 0 fully saturated rings. The second-order valence-electron chi connectivity index (χ2n) is 4.06. The Kier molecular flexibility index (Phi) is 3.04. The second-order valence-corrected chi connectivity index (χ2v) is 4.06. The van der Waals surface area contributed by atoms with Crippen LogP contribution in [0.3, 0.4) is 0 Å². The van der Waals surface area contributed by atoms with E-state index in [0.717, 1.165) is 18.5 Å². The van der Waals surface area contributed by atoms with E-state index in [1.807, 2.05) is 36.2 Å². The average molecular weight is 217 g/mol. The minimum absolute atomic E-state index is 0.123. The van der Waals surface area contributed by atoms with Crippen molar-refractivity contribution in [1.29, 1.82) is 0 Å². The van der Waals surface area contributed by atoms with Crippen LogP contribution >= 0.6 is 0 Å². The van der Waals surface area contributed by atoms with Gasteiger partial charge in [0.15, 0.2) is 0 Å². The van der Waals surface area contributed by atoms with Crippen molar-refractivity contribution >= 4 is 11.8 Å². The van der Waals surface area contributed by atoms with Gasteiger partial charge in [0.25, 0.3) is 0 Å². The maximum absolute atomic E-state index is 10.4. The molecule has 0 amide bonds. The lowest BCUT2D eigenvalue weighted by Gasteiger charge is -2.39. The molecule has 0 radical (unpaired) electrons. The van der Waals surface area contributed by atoms with Crippen molar-refractivity contribution in [3.63, 3.8) is 0 Å². The molecule has 2 rings (SSSR count). The Morgan fingerprint density at radius 2 is 2.19 bits per heavy atom. The zero-order valence-corrected chi connectivity index (χ0v) is 9.55. The van der Waals surface area contributed by atoms with Gasteiger partial charge in [-0.1, -0.05) is 18.2 Å². The van der Waals surface area contributed by atoms with Crippen molar-refractivity contribution in [3.05, 3.63) is 29.8 Å². The lowest BCUT2D eigenvalue weighted by molar-refractivity contribution is 0.307. The lowest BCUT2D eigenvalue weighted by Crippen LogP contribution is -2.46. The van der Waals surface area contributed by atoms with Crippen LogP contribution in [0.5, 0.6) is 0 Å². The highest BCUT2D eigenvalue weighted by molar-refractivity contribution is 5.56. The first-order valence-electron chi connectivity index (χ1n) is 5.35. The molecule has 1 aliphatic rings. The summed E-state index contributed by atoms with van der Waals surface area (Å²) in [7, 11) is 3.91. The zero-order chi connectivity index (χ0) is 11.5. The maximum Gasteiger partial charge on any atom is 0.237 e. The third-order valence-electron chi connectivity index (χ3n) is 2.83. The van der Waals surface area contributed by atoms with Crippen LogP contribution in [0, 0.1) is 0 Å². The molecule has 1 aromatic rings. The van der Waals surface area contributed by atoms with Crippen LogP contribution in [0.2, 0.25) is 0 Å². The van der Waals surface area contributed by atoms with E-state index in [1.54, 1.807) is 6.08 Å². The van der Waals surface area contributed by atoms with Gasteiger partial charge in [-0.25, -0.2) is 9.80 Å². The molecule has 0 bridgehead atoms.